The first kappa shape index (κ1) is 15.7. The van der Waals surface area contributed by atoms with Crippen LogP contribution in [-0.4, -0.2) is 34.7 Å². The lowest BCUT2D eigenvalue weighted by atomic mass is 10.2. The number of aldehydes is 1. The zero-order valence-corrected chi connectivity index (χ0v) is 13.0. The van der Waals surface area contributed by atoms with E-state index in [0.29, 0.717) is 24.3 Å². The lowest BCUT2D eigenvalue weighted by Gasteiger charge is -2.07. The van der Waals surface area contributed by atoms with E-state index in [2.05, 4.69) is 10.3 Å². The van der Waals surface area contributed by atoms with E-state index in [1.54, 1.807) is 24.3 Å². The summed E-state index contributed by atoms with van der Waals surface area (Å²) in [5, 5.41) is 2.80. The molecule has 3 rings (SSSR count). The van der Waals surface area contributed by atoms with Crippen LogP contribution in [0.25, 0.3) is 5.65 Å². The third-order valence-corrected chi connectivity index (χ3v) is 3.50. The van der Waals surface area contributed by atoms with E-state index < -0.39 is 0 Å². The minimum atomic E-state index is -0.196. The van der Waals surface area contributed by atoms with Gasteiger partial charge in [0, 0.05) is 30.9 Å². The Morgan fingerprint density at radius 2 is 2.04 bits per heavy atom. The van der Waals surface area contributed by atoms with Crippen molar-refractivity contribution in [1.29, 1.82) is 0 Å². The lowest BCUT2D eigenvalue weighted by Crippen LogP contribution is -2.30. The summed E-state index contributed by atoms with van der Waals surface area (Å²) < 4.78 is 7.32. The van der Waals surface area contributed by atoms with Gasteiger partial charge in [-0.05, 0) is 36.4 Å². The number of carbonyl (C=O) groups is 2. The minimum absolute atomic E-state index is 0.0639. The highest BCUT2D eigenvalue weighted by Gasteiger charge is 2.05. The number of ether oxygens (including phenoxy) is 1. The van der Waals surface area contributed by atoms with Crippen LogP contribution in [0.15, 0.2) is 54.9 Å². The molecule has 0 atom stereocenters. The van der Waals surface area contributed by atoms with E-state index in [1.165, 1.54) is 0 Å². The van der Waals surface area contributed by atoms with Crippen molar-refractivity contribution in [3.63, 3.8) is 0 Å². The van der Waals surface area contributed by atoms with Crippen LogP contribution in [-0.2, 0) is 11.2 Å². The molecule has 6 nitrogen and oxygen atoms in total. The molecule has 24 heavy (non-hydrogen) atoms. The number of nitrogens with zero attached hydrogens (tertiary/aromatic N) is 2. The van der Waals surface area contributed by atoms with Gasteiger partial charge in [-0.15, -0.1) is 0 Å². The van der Waals surface area contributed by atoms with E-state index in [1.807, 2.05) is 35.0 Å². The summed E-state index contributed by atoms with van der Waals surface area (Å²) in [6, 6.07) is 12.4. The highest BCUT2D eigenvalue weighted by Crippen LogP contribution is 2.10. The third kappa shape index (κ3) is 3.98. The Morgan fingerprint density at radius 3 is 2.79 bits per heavy atom. The van der Waals surface area contributed by atoms with Gasteiger partial charge in [0.1, 0.15) is 17.7 Å². The summed E-state index contributed by atoms with van der Waals surface area (Å²) in [5.41, 5.74) is 2.38. The number of benzene rings is 1. The minimum Gasteiger partial charge on any atom is -0.484 e. The fourth-order valence-electron chi connectivity index (χ4n) is 2.28. The molecule has 1 N–H and O–H groups in total. The number of rotatable bonds is 7. The monoisotopic (exact) mass is 323 g/mol. The normalized spacial score (nSPS) is 10.5. The number of hydrogen-bond acceptors (Lipinski definition) is 4. The maximum absolute atomic E-state index is 11.8. The predicted molar refractivity (Wildman–Crippen MR) is 89.2 cm³/mol. The summed E-state index contributed by atoms with van der Waals surface area (Å²) in [6.07, 6.45) is 5.30. The molecule has 0 spiro atoms. The van der Waals surface area contributed by atoms with Gasteiger partial charge < -0.3 is 14.5 Å². The Morgan fingerprint density at radius 1 is 1.21 bits per heavy atom. The molecule has 0 saturated carbocycles. The van der Waals surface area contributed by atoms with E-state index in [-0.39, 0.29) is 12.5 Å². The fourth-order valence-corrected chi connectivity index (χ4v) is 2.28. The van der Waals surface area contributed by atoms with Crippen molar-refractivity contribution in [3.05, 3.63) is 66.1 Å². The third-order valence-electron chi connectivity index (χ3n) is 3.50. The molecule has 0 radical (unpaired) electrons. The second kappa shape index (κ2) is 7.41. The Balaban J connectivity index is 1.42. The molecule has 0 saturated heterocycles. The highest BCUT2D eigenvalue weighted by atomic mass is 16.5. The van der Waals surface area contributed by atoms with Gasteiger partial charge in [0.05, 0.1) is 5.69 Å². The SMILES string of the molecule is O=Cc1ccc(OCC(=O)NCCc2cn3ccccc3n2)cc1. The topological polar surface area (TPSA) is 72.7 Å². The predicted octanol–water partition coefficient (Wildman–Crippen LogP) is 1.88. The summed E-state index contributed by atoms with van der Waals surface area (Å²) in [5.74, 6) is 0.356. The van der Waals surface area contributed by atoms with Gasteiger partial charge in [0.2, 0.25) is 0 Å². The van der Waals surface area contributed by atoms with Gasteiger partial charge in [-0.1, -0.05) is 6.07 Å². The summed E-state index contributed by atoms with van der Waals surface area (Å²) in [7, 11) is 0. The van der Waals surface area contributed by atoms with Gasteiger partial charge in [-0.3, -0.25) is 9.59 Å². The van der Waals surface area contributed by atoms with E-state index in [0.717, 1.165) is 17.6 Å². The van der Waals surface area contributed by atoms with Gasteiger partial charge in [0.15, 0.2) is 6.61 Å². The number of imidazole rings is 1. The second-order valence-corrected chi connectivity index (χ2v) is 5.27. The van der Waals surface area contributed by atoms with Crippen LogP contribution in [0.5, 0.6) is 5.75 Å². The molecule has 3 aromatic rings. The molecule has 122 valence electrons. The van der Waals surface area contributed by atoms with E-state index in [4.69, 9.17) is 4.74 Å². The van der Waals surface area contributed by atoms with Gasteiger partial charge in [-0.25, -0.2) is 4.98 Å². The van der Waals surface area contributed by atoms with Crippen molar-refractivity contribution in [2.24, 2.45) is 0 Å². The number of fused-ring (bicyclic) bond motifs is 1. The molecule has 0 aliphatic heterocycles. The molecular weight excluding hydrogens is 306 g/mol. The van der Waals surface area contributed by atoms with Crippen molar-refractivity contribution in [3.8, 4) is 5.75 Å². The molecule has 0 aliphatic carbocycles. The first-order valence-electron chi connectivity index (χ1n) is 7.62. The van der Waals surface area contributed by atoms with Gasteiger partial charge in [0.25, 0.3) is 5.91 Å². The van der Waals surface area contributed by atoms with Crippen LogP contribution in [0.4, 0.5) is 0 Å². The maximum Gasteiger partial charge on any atom is 0.257 e. The Bertz CT molecular complexity index is 807. The number of nitrogens with one attached hydrogen (secondary N) is 1. The van der Waals surface area contributed by atoms with Crippen LogP contribution in [0.3, 0.4) is 0 Å². The molecule has 6 heteroatoms. The largest absolute Gasteiger partial charge is 0.484 e. The summed E-state index contributed by atoms with van der Waals surface area (Å²) in [4.78, 5) is 26.8. The molecule has 0 fully saturated rings. The summed E-state index contributed by atoms with van der Waals surface area (Å²) >= 11 is 0. The Hall–Kier alpha value is -3.15. The molecule has 1 amide bonds. The number of aromatic nitrogens is 2. The second-order valence-electron chi connectivity index (χ2n) is 5.27. The lowest BCUT2D eigenvalue weighted by molar-refractivity contribution is -0.123. The highest BCUT2D eigenvalue weighted by molar-refractivity contribution is 5.77. The van der Waals surface area contributed by atoms with Crippen molar-refractivity contribution < 1.29 is 14.3 Å². The number of amides is 1. The Kier molecular flexibility index (Phi) is 4.86. The van der Waals surface area contributed by atoms with Crippen molar-refractivity contribution in [2.45, 2.75) is 6.42 Å². The maximum atomic E-state index is 11.8. The summed E-state index contributed by atoms with van der Waals surface area (Å²) in [6.45, 7) is 0.432. The van der Waals surface area contributed by atoms with Crippen LogP contribution < -0.4 is 10.1 Å². The van der Waals surface area contributed by atoms with Gasteiger partial charge >= 0.3 is 0 Å². The first-order chi connectivity index (χ1) is 11.7. The molecule has 0 bridgehead atoms. The standard InChI is InChI=1S/C18H17N3O3/c22-12-14-4-6-16(7-5-14)24-13-18(23)19-9-8-15-11-21-10-2-1-3-17(21)20-15/h1-7,10-12H,8-9,13H2,(H,19,23). The van der Waals surface area contributed by atoms with Crippen LogP contribution in [0.2, 0.25) is 0 Å². The zero-order valence-electron chi connectivity index (χ0n) is 13.0. The van der Waals surface area contributed by atoms with Crippen LogP contribution in [0, 0.1) is 0 Å². The quantitative estimate of drug-likeness (QED) is 0.674. The number of carbonyl (C=O) groups excluding carboxylic acids is 2. The molecule has 2 heterocycles. The molecule has 0 aliphatic rings. The molecule has 2 aromatic heterocycles. The number of hydrogen-bond donors (Lipinski definition) is 1. The first-order valence-corrected chi connectivity index (χ1v) is 7.62. The van der Waals surface area contributed by atoms with Crippen LogP contribution in [0.1, 0.15) is 16.1 Å². The van der Waals surface area contributed by atoms with Crippen molar-refractivity contribution in [2.75, 3.05) is 13.2 Å². The molecular formula is C18H17N3O3. The van der Waals surface area contributed by atoms with Crippen molar-refractivity contribution in [1.82, 2.24) is 14.7 Å². The number of pyridine rings is 1. The smallest absolute Gasteiger partial charge is 0.257 e. The average Bonchev–Trinajstić information content (AvgIpc) is 3.03. The Labute approximate surface area is 139 Å². The zero-order chi connectivity index (χ0) is 16.8. The van der Waals surface area contributed by atoms with Gasteiger partial charge in [-0.2, -0.15) is 0 Å². The molecule has 1 aromatic carbocycles. The van der Waals surface area contributed by atoms with Crippen LogP contribution >= 0.6 is 0 Å². The van der Waals surface area contributed by atoms with Crippen molar-refractivity contribution >= 4 is 17.8 Å². The van der Waals surface area contributed by atoms with E-state index in [9.17, 15) is 9.59 Å². The molecule has 0 unspecified atom stereocenters. The average molecular weight is 323 g/mol. The van der Waals surface area contributed by atoms with E-state index >= 15 is 0 Å². The fraction of sp³-hybridized carbons (Fsp3) is 0.167.